The zero-order chi connectivity index (χ0) is 29.2. The van der Waals surface area contributed by atoms with E-state index in [2.05, 4.69) is 27.0 Å². The van der Waals surface area contributed by atoms with Crippen LogP contribution in [0.2, 0.25) is 0 Å². The number of amides is 2. The maximum atomic E-state index is 14.2. The fourth-order valence-electron chi connectivity index (χ4n) is 7.09. The molecule has 6 heterocycles. The van der Waals surface area contributed by atoms with Crippen molar-refractivity contribution in [3.63, 3.8) is 0 Å². The van der Waals surface area contributed by atoms with Crippen molar-refractivity contribution in [3.8, 4) is 11.4 Å². The van der Waals surface area contributed by atoms with E-state index in [4.69, 9.17) is 9.97 Å². The second-order valence-corrected chi connectivity index (χ2v) is 13.0. The van der Waals surface area contributed by atoms with Crippen LogP contribution >= 0.6 is 11.3 Å². The second kappa shape index (κ2) is 12.5. The van der Waals surface area contributed by atoms with E-state index < -0.39 is 0 Å². The van der Waals surface area contributed by atoms with Crippen molar-refractivity contribution in [1.82, 2.24) is 34.6 Å². The van der Waals surface area contributed by atoms with E-state index in [1.807, 2.05) is 57.9 Å². The van der Waals surface area contributed by atoms with Gasteiger partial charge in [-0.3, -0.25) is 14.5 Å². The highest BCUT2D eigenvalue weighted by molar-refractivity contribution is 7.10. The van der Waals surface area contributed by atoms with Gasteiger partial charge in [-0.05, 0) is 68.6 Å². The van der Waals surface area contributed by atoms with Gasteiger partial charge in [0.25, 0.3) is 0 Å². The molecule has 9 nitrogen and oxygen atoms in total. The zero-order valence-electron chi connectivity index (χ0n) is 24.5. The van der Waals surface area contributed by atoms with Gasteiger partial charge in [-0.25, -0.2) is 9.97 Å². The van der Waals surface area contributed by atoms with Gasteiger partial charge in [0.05, 0.1) is 42.3 Å². The van der Waals surface area contributed by atoms with Gasteiger partial charge < -0.3 is 19.8 Å². The van der Waals surface area contributed by atoms with Gasteiger partial charge in [-0.1, -0.05) is 42.8 Å². The Bertz CT molecular complexity index is 1530. The molecule has 3 saturated heterocycles. The number of likely N-dealkylation sites (tertiary alicyclic amines) is 3. The molecule has 4 aromatic rings. The smallest absolute Gasteiger partial charge is 0.245 e. The van der Waals surface area contributed by atoms with Crippen molar-refractivity contribution in [3.05, 3.63) is 82.3 Å². The van der Waals surface area contributed by atoms with Crippen molar-refractivity contribution in [2.24, 2.45) is 0 Å². The van der Waals surface area contributed by atoms with Crippen LogP contribution in [0.1, 0.15) is 85.2 Å². The number of aromatic nitrogens is 4. The van der Waals surface area contributed by atoms with Crippen LogP contribution in [-0.4, -0.2) is 72.6 Å². The molecular formula is C33H39N7O2S. The minimum atomic E-state index is -0.261. The minimum Gasteiger partial charge on any atom is -0.339 e. The van der Waals surface area contributed by atoms with Crippen molar-refractivity contribution >= 4 is 23.2 Å². The quantitative estimate of drug-likeness (QED) is 0.273. The summed E-state index contributed by atoms with van der Waals surface area (Å²) in [5.41, 5.74) is 2.76. The number of carbonyl (C=O) groups excluding carboxylic acids is 2. The maximum Gasteiger partial charge on any atom is 0.245 e. The monoisotopic (exact) mass is 597 g/mol. The van der Waals surface area contributed by atoms with E-state index in [0.717, 1.165) is 98.2 Å². The lowest BCUT2D eigenvalue weighted by atomic mass is 10.00. The topological polar surface area (TPSA) is 101 Å². The van der Waals surface area contributed by atoms with Crippen LogP contribution in [0.4, 0.5) is 0 Å². The number of hydrogen-bond donors (Lipinski definition) is 2. The van der Waals surface area contributed by atoms with Crippen LogP contribution in [0.15, 0.2) is 60.2 Å². The first kappa shape index (κ1) is 28.0. The number of nitrogens with one attached hydrogen (secondary N) is 2. The third-order valence-corrected chi connectivity index (χ3v) is 10.1. The average molecular weight is 598 g/mol. The largest absolute Gasteiger partial charge is 0.339 e. The molecule has 3 fully saturated rings. The zero-order valence-corrected chi connectivity index (χ0v) is 25.3. The minimum absolute atomic E-state index is 0.0451. The lowest BCUT2D eigenvalue weighted by molar-refractivity contribution is -0.139. The van der Waals surface area contributed by atoms with Crippen molar-refractivity contribution < 1.29 is 9.59 Å². The number of aromatic amines is 2. The van der Waals surface area contributed by atoms with Crippen LogP contribution in [0.25, 0.3) is 11.4 Å². The summed E-state index contributed by atoms with van der Waals surface area (Å²) in [4.78, 5) is 51.2. The summed E-state index contributed by atoms with van der Waals surface area (Å²) in [5.74, 6) is 1.95. The van der Waals surface area contributed by atoms with Gasteiger partial charge in [0.1, 0.15) is 17.7 Å². The summed E-state index contributed by atoms with van der Waals surface area (Å²) in [6, 6.07) is 13.9. The molecule has 0 spiro atoms. The normalized spacial score (nSPS) is 21.9. The highest BCUT2D eigenvalue weighted by atomic mass is 32.1. The Labute approximate surface area is 256 Å². The van der Waals surface area contributed by atoms with E-state index in [9.17, 15) is 9.59 Å². The van der Waals surface area contributed by atoms with Crippen LogP contribution < -0.4 is 0 Å². The molecule has 7 rings (SSSR count). The Kier molecular flexibility index (Phi) is 8.12. The number of benzene rings is 1. The molecule has 0 radical (unpaired) electrons. The highest BCUT2D eigenvalue weighted by Gasteiger charge is 2.39. The van der Waals surface area contributed by atoms with E-state index >= 15 is 0 Å². The Balaban J connectivity index is 1.08. The molecule has 2 N–H and O–H groups in total. The van der Waals surface area contributed by atoms with Gasteiger partial charge >= 0.3 is 0 Å². The van der Waals surface area contributed by atoms with E-state index in [1.54, 1.807) is 11.3 Å². The molecule has 0 bridgehead atoms. The average Bonchev–Trinajstić information content (AvgIpc) is 3.87. The predicted molar refractivity (Wildman–Crippen MR) is 166 cm³/mol. The third kappa shape index (κ3) is 5.78. The first-order valence-electron chi connectivity index (χ1n) is 15.7. The van der Waals surface area contributed by atoms with E-state index in [1.165, 1.54) is 6.42 Å². The molecule has 43 heavy (non-hydrogen) atoms. The molecule has 0 unspecified atom stereocenters. The Morgan fingerprint density at radius 3 is 2.09 bits per heavy atom. The van der Waals surface area contributed by atoms with Crippen LogP contribution in [0.5, 0.6) is 0 Å². The molecule has 0 saturated carbocycles. The lowest BCUT2D eigenvalue weighted by Crippen LogP contribution is -2.44. The number of piperidine rings is 1. The standard InChI is InChI=1S/C33H39N7O2S/c41-29(20-24-12-9-19-43-24)39-17-7-13-27(39)31-34-21-25(36-31)26-22-35-32(37-26)28-14-8-18-40(28)33(42)30(23-10-3-1-4-11-23)38-15-5-2-6-16-38/h1,3-4,9-12,19,21-22,27-28,30H,2,5-8,13-18,20H2,(H,34,36)(H,35,37)/t27-,28-,30+/m0/s1. The summed E-state index contributed by atoms with van der Waals surface area (Å²) in [6.45, 7) is 3.40. The summed E-state index contributed by atoms with van der Waals surface area (Å²) >= 11 is 1.62. The molecule has 1 aromatic carbocycles. The first-order valence-corrected chi connectivity index (χ1v) is 16.5. The molecule has 2 amide bonds. The maximum absolute atomic E-state index is 14.2. The van der Waals surface area contributed by atoms with Gasteiger partial charge in [0.2, 0.25) is 11.8 Å². The van der Waals surface area contributed by atoms with Gasteiger partial charge in [0, 0.05) is 18.0 Å². The van der Waals surface area contributed by atoms with Gasteiger partial charge in [0.15, 0.2) is 0 Å². The number of rotatable bonds is 8. The van der Waals surface area contributed by atoms with E-state index in [-0.39, 0.29) is 29.9 Å². The first-order chi connectivity index (χ1) is 21.2. The summed E-state index contributed by atoms with van der Waals surface area (Å²) in [5, 5.41) is 2.01. The Morgan fingerprint density at radius 2 is 1.44 bits per heavy atom. The number of nitrogens with zero attached hydrogens (tertiary/aromatic N) is 5. The molecule has 0 aliphatic carbocycles. The van der Waals surface area contributed by atoms with E-state index in [0.29, 0.717) is 6.42 Å². The fourth-order valence-corrected chi connectivity index (χ4v) is 7.79. The molecule has 3 aliphatic heterocycles. The van der Waals surface area contributed by atoms with Gasteiger partial charge in [-0.2, -0.15) is 0 Å². The molecule has 10 heteroatoms. The van der Waals surface area contributed by atoms with Crippen molar-refractivity contribution in [2.45, 2.75) is 69.5 Å². The SMILES string of the molecule is O=C(Cc1cccs1)N1CCC[C@H]1c1ncc(-c2cnc([C@@H]3CCCN3C(=O)[C@@H](c3ccccc3)N3CCCCC3)[nH]2)[nH]1. The second-order valence-electron chi connectivity index (χ2n) is 12.0. The van der Waals surface area contributed by atoms with Crippen molar-refractivity contribution in [1.29, 1.82) is 0 Å². The van der Waals surface area contributed by atoms with Gasteiger partial charge in [-0.15, -0.1) is 11.3 Å². The van der Waals surface area contributed by atoms with Crippen LogP contribution in [0.3, 0.4) is 0 Å². The highest BCUT2D eigenvalue weighted by Crippen LogP contribution is 2.37. The van der Waals surface area contributed by atoms with Crippen LogP contribution in [-0.2, 0) is 16.0 Å². The summed E-state index contributed by atoms with van der Waals surface area (Å²) in [7, 11) is 0. The third-order valence-electron chi connectivity index (χ3n) is 9.23. The fraction of sp³-hybridized carbons (Fsp3) is 0.455. The van der Waals surface area contributed by atoms with Crippen LogP contribution in [0, 0.1) is 0 Å². The Hall–Kier alpha value is -3.76. The van der Waals surface area contributed by atoms with Crippen molar-refractivity contribution in [2.75, 3.05) is 26.2 Å². The summed E-state index contributed by atoms with van der Waals surface area (Å²) < 4.78 is 0. The predicted octanol–water partition coefficient (Wildman–Crippen LogP) is 5.66. The molecule has 3 atom stereocenters. The molecule has 3 aromatic heterocycles. The molecular weight excluding hydrogens is 558 g/mol. The molecule has 3 aliphatic rings. The number of H-pyrrole nitrogens is 2. The number of thiophene rings is 1. The number of carbonyl (C=O) groups is 2. The number of imidazole rings is 2. The molecule has 224 valence electrons. The number of hydrogen-bond acceptors (Lipinski definition) is 6. The summed E-state index contributed by atoms with van der Waals surface area (Å²) in [6.07, 6.45) is 11.3. The Morgan fingerprint density at radius 1 is 0.791 bits per heavy atom. The lowest BCUT2D eigenvalue weighted by Gasteiger charge is -2.37.